The third kappa shape index (κ3) is 2.70. The van der Waals surface area contributed by atoms with Gasteiger partial charge in [0.05, 0.1) is 5.56 Å². The highest BCUT2D eigenvalue weighted by atomic mass is 32.1. The lowest BCUT2D eigenvalue weighted by Crippen LogP contribution is -2.32. The minimum absolute atomic E-state index is 0.0663. The highest BCUT2D eigenvalue weighted by Crippen LogP contribution is 2.32. The van der Waals surface area contributed by atoms with E-state index in [1.165, 1.54) is 0 Å². The summed E-state index contributed by atoms with van der Waals surface area (Å²) in [6.45, 7) is 2.55. The van der Waals surface area contributed by atoms with Gasteiger partial charge in [-0.2, -0.15) is 11.3 Å². The van der Waals surface area contributed by atoms with Gasteiger partial charge in [-0.05, 0) is 54.3 Å². The van der Waals surface area contributed by atoms with Crippen molar-refractivity contribution in [3.8, 4) is 5.75 Å². The molecule has 0 aliphatic heterocycles. The van der Waals surface area contributed by atoms with E-state index in [2.05, 4.69) is 5.38 Å². The first-order chi connectivity index (χ1) is 9.65. The molecule has 3 nitrogen and oxygen atoms in total. The molecule has 1 aliphatic rings. The summed E-state index contributed by atoms with van der Waals surface area (Å²) in [5.41, 5.74) is 2.55. The Hall–Kier alpha value is -1.81. The summed E-state index contributed by atoms with van der Waals surface area (Å²) in [5.74, 6) is -0.00327. The van der Waals surface area contributed by atoms with Gasteiger partial charge < -0.3 is 10.0 Å². The number of carbonyl (C=O) groups excluding carboxylic acids is 1. The van der Waals surface area contributed by atoms with Crippen molar-refractivity contribution >= 4 is 17.2 Å². The van der Waals surface area contributed by atoms with E-state index < -0.39 is 0 Å². The molecule has 1 aromatic heterocycles. The number of carbonyl (C=O) groups is 1. The minimum Gasteiger partial charge on any atom is -0.507 e. The second-order valence-electron chi connectivity index (χ2n) is 5.32. The maximum absolute atomic E-state index is 12.7. The molecule has 1 saturated carbocycles. The minimum atomic E-state index is -0.0695. The van der Waals surface area contributed by atoms with Crippen LogP contribution in [0.4, 0.5) is 0 Å². The predicted octanol–water partition coefficient (Wildman–Crippen LogP) is 3.57. The van der Waals surface area contributed by atoms with Crippen molar-refractivity contribution in [2.45, 2.75) is 32.4 Å². The molecule has 0 radical (unpaired) electrons. The summed E-state index contributed by atoms with van der Waals surface area (Å²) in [4.78, 5) is 14.6. The van der Waals surface area contributed by atoms with Crippen molar-refractivity contribution in [2.24, 2.45) is 0 Å². The number of rotatable bonds is 4. The number of amides is 1. The molecule has 1 N–H and O–H groups in total. The molecule has 20 heavy (non-hydrogen) atoms. The molecular formula is C16H17NO2S. The van der Waals surface area contributed by atoms with Crippen molar-refractivity contribution in [1.29, 1.82) is 0 Å². The average molecular weight is 287 g/mol. The molecule has 1 amide bonds. The van der Waals surface area contributed by atoms with E-state index in [1.807, 2.05) is 29.3 Å². The van der Waals surface area contributed by atoms with E-state index in [0.29, 0.717) is 18.2 Å². The number of benzene rings is 1. The Bertz CT molecular complexity index is 617. The normalized spacial score (nSPS) is 14.2. The van der Waals surface area contributed by atoms with E-state index >= 15 is 0 Å². The Morgan fingerprint density at radius 1 is 1.40 bits per heavy atom. The Kier molecular flexibility index (Phi) is 3.49. The van der Waals surface area contributed by atoms with Crippen molar-refractivity contribution < 1.29 is 9.90 Å². The lowest BCUT2D eigenvalue weighted by atomic mass is 10.1. The smallest absolute Gasteiger partial charge is 0.258 e. The Morgan fingerprint density at radius 3 is 2.85 bits per heavy atom. The molecule has 0 bridgehead atoms. The summed E-state index contributed by atoms with van der Waals surface area (Å²) >= 11 is 1.64. The predicted molar refractivity (Wildman–Crippen MR) is 80.1 cm³/mol. The monoisotopic (exact) mass is 287 g/mol. The van der Waals surface area contributed by atoms with E-state index in [0.717, 1.165) is 24.0 Å². The van der Waals surface area contributed by atoms with Gasteiger partial charge in [-0.25, -0.2) is 0 Å². The van der Waals surface area contributed by atoms with Crippen LogP contribution in [-0.2, 0) is 6.54 Å². The number of thiophene rings is 1. The molecule has 0 unspecified atom stereocenters. The fourth-order valence-electron chi connectivity index (χ4n) is 2.31. The molecule has 0 spiro atoms. The summed E-state index contributed by atoms with van der Waals surface area (Å²) in [6, 6.07) is 7.54. The number of hydrogen-bond donors (Lipinski definition) is 1. The van der Waals surface area contributed by atoms with Crippen molar-refractivity contribution in [2.75, 3.05) is 0 Å². The van der Waals surface area contributed by atoms with E-state index in [1.54, 1.807) is 23.5 Å². The van der Waals surface area contributed by atoms with Gasteiger partial charge >= 0.3 is 0 Å². The number of aryl methyl sites for hydroxylation is 1. The summed E-state index contributed by atoms with van der Waals surface area (Å²) in [6.07, 6.45) is 2.12. The molecule has 0 saturated heterocycles. The quantitative estimate of drug-likeness (QED) is 0.934. The average Bonchev–Trinajstić information content (AvgIpc) is 3.15. The first kappa shape index (κ1) is 13.2. The third-order valence-corrected chi connectivity index (χ3v) is 4.30. The van der Waals surface area contributed by atoms with E-state index in [4.69, 9.17) is 0 Å². The fraction of sp³-hybridized carbons (Fsp3) is 0.312. The third-order valence-electron chi connectivity index (χ3n) is 3.56. The standard InChI is InChI=1S/C16H17NO2S/c1-11-2-5-15(18)14(8-11)16(19)17(13-3-4-13)9-12-6-7-20-10-12/h2,5-8,10,13,18H,3-4,9H2,1H3. The number of nitrogens with zero attached hydrogens (tertiary/aromatic N) is 1. The van der Waals surface area contributed by atoms with Crippen LogP contribution in [0.3, 0.4) is 0 Å². The molecular weight excluding hydrogens is 270 g/mol. The van der Waals surface area contributed by atoms with E-state index in [9.17, 15) is 9.90 Å². The van der Waals surface area contributed by atoms with Gasteiger partial charge in [0.1, 0.15) is 5.75 Å². The van der Waals surface area contributed by atoms with Gasteiger partial charge in [0.25, 0.3) is 5.91 Å². The fourth-order valence-corrected chi connectivity index (χ4v) is 2.97. The van der Waals surface area contributed by atoms with Gasteiger partial charge in [-0.1, -0.05) is 11.6 Å². The van der Waals surface area contributed by atoms with Crippen LogP contribution in [0.2, 0.25) is 0 Å². The zero-order chi connectivity index (χ0) is 14.1. The molecule has 1 heterocycles. The van der Waals surface area contributed by atoms with Gasteiger partial charge in [0.15, 0.2) is 0 Å². The van der Waals surface area contributed by atoms with Crippen LogP contribution in [0.1, 0.15) is 34.3 Å². The van der Waals surface area contributed by atoms with Gasteiger partial charge in [-0.15, -0.1) is 0 Å². The topological polar surface area (TPSA) is 40.5 Å². The van der Waals surface area contributed by atoms with Crippen LogP contribution >= 0.6 is 11.3 Å². The van der Waals surface area contributed by atoms with Crippen LogP contribution in [0.25, 0.3) is 0 Å². The van der Waals surface area contributed by atoms with Crippen LogP contribution in [-0.4, -0.2) is 22.0 Å². The van der Waals surface area contributed by atoms with Crippen LogP contribution in [0, 0.1) is 6.92 Å². The number of phenols is 1. The summed E-state index contributed by atoms with van der Waals surface area (Å²) in [7, 11) is 0. The van der Waals surface area contributed by atoms with Crippen LogP contribution < -0.4 is 0 Å². The molecule has 4 heteroatoms. The molecule has 1 aliphatic carbocycles. The van der Waals surface area contributed by atoms with Gasteiger partial charge in [0, 0.05) is 12.6 Å². The summed E-state index contributed by atoms with van der Waals surface area (Å²) < 4.78 is 0. The Balaban J connectivity index is 1.87. The maximum Gasteiger partial charge on any atom is 0.258 e. The maximum atomic E-state index is 12.7. The first-order valence-electron chi connectivity index (χ1n) is 6.77. The number of phenolic OH excluding ortho intramolecular Hbond substituents is 1. The Labute approximate surface area is 122 Å². The van der Waals surface area contributed by atoms with Crippen molar-refractivity contribution in [3.05, 3.63) is 51.7 Å². The lowest BCUT2D eigenvalue weighted by Gasteiger charge is -2.22. The first-order valence-corrected chi connectivity index (χ1v) is 7.71. The highest BCUT2D eigenvalue weighted by Gasteiger charge is 2.34. The van der Waals surface area contributed by atoms with Gasteiger partial charge in [0.2, 0.25) is 0 Å². The molecule has 1 fully saturated rings. The van der Waals surface area contributed by atoms with Crippen molar-refractivity contribution in [1.82, 2.24) is 4.90 Å². The SMILES string of the molecule is Cc1ccc(O)c(C(=O)N(Cc2ccsc2)C2CC2)c1. The lowest BCUT2D eigenvalue weighted by molar-refractivity contribution is 0.0727. The second-order valence-corrected chi connectivity index (χ2v) is 6.10. The largest absolute Gasteiger partial charge is 0.507 e. The summed E-state index contributed by atoms with van der Waals surface area (Å²) in [5, 5.41) is 14.0. The second kappa shape index (κ2) is 5.29. The highest BCUT2D eigenvalue weighted by molar-refractivity contribution is 7.07. The molecule has 1 aromatic carbocycles. The van der Waals surface area contributed by atoms with Crippen LogP contribution in [0.5, 0.6) is 5.75 Å². The molecule has 3 rings (SSSR count). The Morgan fingerprint density at radius 2 is 2.20 bits per heavy atom. The molecule has 2 aromatic rings. The van der Waals surface area contributed by atoms with Crippen molar-refractivity contribution in [3.63, 3.8) is 0 Å². The van der Waals surface area contributed by atoms with Crippen LogP contribution in [0.15, 0.2) is 35.0 Å². The van der Waals surface area contributed by atoms with E-state index in [-0.39, 0.29) is 11.7 Å². The molecule has 104 valence electrons. The zero-order valence-electron chi connectivity index (χ0n) is 11.4. The number of aromatic hydroxyl groups is 1. The molecule has 0 atom stereocenters. The van der Waals surface area contributed by atoms with Gasteiger partial charge in [-0.3, -0.25) is 4.79 Å². The zero-order valence-corrected chi connectivity index (χ0v) is 12.2. The number of hydrogen-bond acceptors (Lipinski definition) is 3.